The molecule has 0 bridgehead atoms. The van der Waals surface area contributed by atoms with E-state index in [1.165, 1.54) is 4.31 Å². The van der Waals surface area contributed by atoms with Gasteiger partial charge >= 0.3 is 0 Å². The minimum atomic E-state index is -3.76. The zero-order valence-corrected chi connectivity index (χ0v) is 18.0. The van der Waals surface area contributed by atoms with Gasteiger partial charge in [0.05, 0.1) is 13.1 Å². The minimum absolute atomic E-state index is 0.195. The lowest BCUT2D eigenvalue weighted by molar-refractivity contribution is -0.134. The van der Waals surface area contributed by atoms with Crippen LogP contribution in [0.1, 0.15) is 5.76 Å². The van der Waals surface area contributed by atoms with E-state index in [1.54, 1.807) is 47.6 Å². The second-order valence-electron chi connectivity index (χ2n) is 7.03. The molecule has 154 valence electrons. The molecule has 1 saturated heterocycles. The van der Waals surface area contributed by atoms with Crippen molar-refractivity contribution < 1.29 is 17.6 Å². The van der Waals surface area contributed by atoms with Gasteiger partial charge in [-0.15, -0.1) is 11.3 Å². The smallest absolute Gasteiger partial charge is 0.253 e. The third-order valence-corrected chi connectivity index (χ3v) is 8.68. The number of hydrogen-bond acceptors (Lipinski definition) is 6. The lowest BCUT2D eigenvalue weighted by atomic mass is 10.3. The zero-order chi connectivity index (χ0) is 20.9. The average molecular weight is 462 g/mol. The van der Waals surface area contributed by atoms with Crippen molar-refractivity contribution in [2.45, 2.75) is 10.8 Å². The Kier molecular flexibility index (Phi) is 4.78. The summed E-state index contributed by atoms with van der Waals surface area (Å²) in [6.45, 7) is 0.622. The van der Waals surface area contributed by atoms with Gasteiger partial charge in [-0.2, -0.15) is 4.31 Å². The summed E-state index contributed by atoms with van der Waals surface area (Å²) in [5.41, 5.74) is 0.707. The second kappa shape index (κ2) is 7.35. The van der Waals surface area contributed by atoms with Crippen LogP contribution in [0.15, 0.2) is 57.4 Å². The van der Waals surface area contributed by atoms with Crippen LogP contribution in [0.5, 0.6) is 0 Å². The topological polar surface area (TPSA) is 83.7 Å². The van der Waals surface area contributed by atoms with Gasteiger partial charge in [0.1, 0.15) is 15.6 Å². The molecule has 0 N–H and O–H groups in total. The van der Waals surface area contributed by atoms with E-state index in [2.05, 4.69) is 4.98 Å². The number of carbonyl (C=O) groups is 1. The summed E-state index contributed by atoms with van der Waals surface area (Å²) in [4.78, 5) is 18.3. The zero-order valence-electron chi connectivity index (χ0n) is 15.6. The molecular weight excluding hydrogens is 446 g/mol. The number of nitrogens with zero attached hydrogens (tertiary/aromatic N) is 3. The molecule has 1 aromatic carbocycles. The Hall–Kier alpha value is -2.46. The molecular formula is C20H16ClN3O4S2. The maximum Gasteiger partial charge on any atom is 0.253 e. The third-order valence-electron chi connectivity index (χ3n) is 5.05. The van der Waals surface area contributed by atoms with Gasteiger partial charge in [-0.25, -0.2) is 8.42 Å². The number of furan rings is 1. The molecule has 4 heterocycles. The van der Waals surface area contributed by atoms with E-state index in [1.807, 2.05) is 6.07 Å². The summed E-state index contributed by atoms with van der Waals surface area (Å²) in [6, 6.07) is 10.5. The first-order valence-corrected chi connectivity index (χ1v) is 11.8. The third kappa shape index (κ3) is 3.47. The van der Waals surface area contributed by atoms with E-state index in [9.17, 15) is 13.2 Å². The van der Waals surface area contributed by atoms with Crippen molar-refractivity contribution in [3.05, 3.63) is 59.6 Å². The van der Waals surface area contributed by atoms with Gasteiger partial charge in [0.25, 0.3) is 10.0 Å². The maximum absolute atomic E-state index is 13.1. The highest BCUT2D eigenvalue weighted by atomic mass is 35.5. The van der Waals surface area contributed by atoms with Crippen LogP contribution in [0.2, 0.25) is 5.02 Å². The molecule has 1 aliphatic rings. The fourth-order valence-corrected chi connectivity index (χ4v) is 6.71. The Morgan fingerprint density at radius 3 is 2.80 bits per heavy atom. The Morgan fingerprint density at radius 1 is 1.13 bits per heavy atom. The van der Waals surface area contributed by atoms with Crippen LogP contribution in [0.3, 0.4) is 0 Å². The lowest BCUT2D eigenvalue weighted by Gasteiger charge is -2.32. The Morgan fingerprint density at radius 2 is 2.00 bits per heavy atom. The monoisotopic (exact) mass is 461 g/mol. The Balaban J connectivity index is 1.33. The van der Waals surface area contributed by atoms with Crippen molar-refractivity contribution in [1.82, 2.24) is 14.2 Å². The van der Waals surface area contributed by atoms with E-state index in [0.717, 1.165) is 26.8 Å². The molecule has 7 nitrogen and oxygen atoms in total. The number of piperazine rings is 1. The number of benzene rings is 1. The van der Waals surface area contributed by atoms with E-state index in [-0.39, 0.29) is 23.2 Å². The summed E-state index contributed by atoms with van der Waals surface area (Å²) < 4.78 is 34.2. The Bertz CT molecular complexity index is 1350. The average Bonchev–Trinajstić information content (AvgIpc) is 3.32. The lowest BCUT2D eigenvalue weighted by Crippen LogP contribution is -2.51. The van der Waals surface area contributed by atoms with E-state index >= 15 is 0 Å². The number of sulfonamides is 1. The van der Waals surface area contributed by atoms with Crippen LogP contribution in [-0.4, -0.2) is 48.1 Å². The van der Waals surface area contributed by atoms with Crippen molar-refractivity contribution in [3.8, 4) is 0 Å². The molecule has 0 atom stereocenters. The minimum Gasteiger partial charge on any atom is -0.459 e. The molecule has 0 unspecified atom stereocenters. The van der Waals surface area contributed by atoms with Crippen LogP contribution >= 0.6 is 22.9 Å². The predicted molar refractivity (Wildman–Crippen MR) is 115 cm³/mol. The Labute approximate surface area is 181 Å². The molecule has 0 radical (unpaired) electrons. The molecule has 0 saturated carbocycles. The maximum atomic E-state index is 13.1. The number of amides is 1. The van der Waals surface area contributed by atoms with E-state index in [4.69, 9.17) is 16.0 Å². The summed E-state index contributed by atoms with van der Waals surface area (Å²) in [5, 5.41) is 2.23. The fourth-order valence-electron chi connectivity index (χ4n) is 3.50. The second-order valence-corrected chi connectivity index (χ2v) is 10.7. The van der Waals surface area contributed by atoms with E-state index in [0.29, 0.717) is 29.5 Å². The van der Waals surface area contributed by atoms with Gasteiger partial charge in [0.2, 0.25) is 5.91 Å². The summed E-state index contributed by atoms with van der Waals surface area (Å²) >= 11 is 7.16. The van der Waals surface area contributed by atoms with Crippen molar-refractivity contribution in [3.63, 3.8) is 0 Å². The SMILES string of the molecule is O=C1CN(S(=O)(=O)c2cc3ccc(Cl)cc3s2)CCN1Cc1cc2cnccc2o1. The highest BCUT2D eigenvalue weighted by molar-refractivity contribution is 7.91. The summed E-state index contributed by atoms with van der Waals surface area (Å²) in [5.74, 6) is 0.386. The van der Waals surface area contributed by atoms with Gasteiger partial charge < -0.3 is 9.32 Å². The molecule has 0 aliphatic carbocycles. The molecule has 1 aliphatic heterocycles. The normalized spacial score (nSPS) is 16.0. The number of carbonyl (C=O) groups excluding carboxylic acids is 1. The van der Waals surface area contributed by atoms with Gasteiger partial charge in [-0.05, 0) is 35.7 Å². The molecule has 3 aromatic heterocycles. The molecule has 5 rings (SSSR count). The van der Waals surface area contributed by atoms with Crippen LogP contribution in [0.4, 0.5) is 0 Å². The predicted octanol–water partition coefficient (Wildman–Crippen LogP) is 3.73. The van der Waals surface area contributed by atoms with Gasteiger partial charge in [0, 0.05) is 40.6 Å². The first kappa shape index (κ1) is 19.5. The van der Waals surface area contributed by atoms with Gasteiger partial charge in [0.15, 0.2) is 0 Å². The molecule has 4 aromatic rings. The quantitative estimate of drug-likeness (QED) is 0.462. The number of thiophene rings is 1. The number of fused-ring (bicyclic) bond motifs is 2. The molecule has 1 amide bonds. The largest absolute Gasteiger partial charge is 0.459 e. The summed E-state index contributed by atoms with van der Waals surface area (Å²) in [7, 11) is -3.76. The van der Waals surface area contributed by atoms with Gasteiger partial charge in [-0.1, -0.05) is 17.7 Å². The van der Waals surface area contributed by atoms with Crippen LogP contribution < -0.4 is 0 Å². The number of pyridine rings is 1. The van der Waals surface area contributed by atoms with Gasteiger partial charge in [-0.3, -0.25) is 9.78 Å². The van der Waals surface area contributed by atoms with Crippen LogP contribution in [0, 0.1) is 0 Å². The number of rotatable bonds is 4. The van der Waals surface area contributed by atoms with E-state index < -0.39 is 10.0 Å². The van der Waals surface area contributed by atoms with Crippen molar-refractivity contribution in [2.24, 2.45) is 0 Å². The first-order chi connectivity index (χ1) is 14.4. The summed E-state index contributed by atoms with van der Waals surface area (Å²) in [6.07, 6.45) is 3.35. The van der Waals surface area contributed by atoms with Crippen molar-refractivity contribution in [2.75, 3.05) is 19.6 Å². The van der Waals surface area contributed by atoms with Crippen molar-refractivity contribution in [1.29, 1.82) is 0 Å². The molecule has 10 heteroatoms. The highest BCUT2D eigenvalue weighted by Crippen LogP contribution is 2.33. The molecule has 30 heavy (non-hydrogen) atoms. The van der Waals surface area contributed by atoms with Crippen LogP contribution in [0.25, 0.3) is 21.1 Å². The molecule has 0 spiro atoms. The highest BCUT2D eigenvalue weighted by Gasteiger charge is 2.34. The first-order valence-electron chi connectivity index (χ1n) is 9.20. The van der Waals surface area contributed by atoms with Crippen LogP contribution in [-0.2, 0) is 21.4 Å². The molecule has 1 fully saturated rings. The standard InChI is InChI=1S/C20H16ClN3O4S2/c21-15-2-1-13-8-20(29-18(13)9-15)30(26,27)24-6-5-23(19(25)12-24)11-16-7-14-10-22-4-3-17(14)28-16/h1-4,7-10H,5-6,11-12H2. The van der Waals surface area contributed by atoms with Crippen molar-refractivity contribution >= 4 is 59.9 Å². The number of aromatic nitrogens is 1. The number of hydrogen-bond donors (Lipinski definition) is 0. The number of halogens is 1. The fraction of sp³-hybridized carbons (Fsp3) is 0.200.